The third-order valence-corrected chi connectivity index (χ3v) is 1.76. The molecule has 0 radical (unpaired) electrons. The van der Waals surface area contributed by atoms with E-state index in [-0.39, 0.29) is 6.04 Å². The average molecular weight is 155 g/mol. The average Bonchev–Trinajstić information content (AvgIpc) is 2.00. The van der Waals surface area contributed by atoms with Crippen molar-refractivity contribution in [1.29, 1.82) is 5.41 Å². The van der Waals surface area contributed by atoms with Gasteiger partial charge in [-0.15, -0.1) is 0 Å². The number of rotatable bonds is 5. The number of likely N-dealkylation sites (N-methyl/N-ethyl adjacent to an activating group) is 1. The van der Waals surface area contributed by atoms with Crippen molar-refractivity contribution < 1.29 is 0 Å². The van der Waals surface area contributed by atoms with E-state index in [1.54, 1.807) is 0 Å². The highest BCUT2D eigenvalue weighted by Gasteiger charge is 2.11. The molecule has 64 valence electrons. The Labute approximate surface area is 68.4 Å². The zero-order valence-electron chi connectivity index (χ0n) is 7.52. The fourth-order valence-electron chi connectivity index (χ4n) is 1.11. The summed E-state index contributed by atoms with van der Waals surface area (Å²) in [5.41, 5.74) is 0. The van der Waals surface area contributed by atoms with Gasteiger partial charge in [0.2, 0.25) is 0 Å². The first-order valence-corrected chi connectivity index (χ1v) is 4.11. The minimum Gasteiger partial charge on any atom is -0.312 e. The quantitative estimate of drug-likeness (QED) is 0.581. The Balaban J connectivity index is 3.90. The number of hydrogen-bond donors (Lipinski definition) is 2. The summed E-state index contributed by atoms with van der Waals surface area (Å²) in [6.07, 6.45) is 1.04. The smallest absolute Gasteiger partial charge is 0.0865 e. The molecule has 0 aromatic heterocycles. The van der Waals surface area contributed by atoms with E-state index in [1.807, 2.05) is 6.92 Å². The van der Waals surface area contributed by atoms with Crippen LogP contribution in [0.4, 0.5) is 0 Å². The van der Waals surface area contributed by atoms with E-state index in [1.165, 1.54) is 0 Å². The monoisotopic (exact) mass is 155 g/mol. The van der Waals surface area contributed by atoms with Crippen molar-refractivity contribution in [3.8, 4) is 0 Å². The number of nitrogens with zero attached hydrogens (tertiary/aromatic N) is 1. The van der Waals surface area contributed by atoms with Crippen LogP contribution in [0.1, 0.15) is 27.2 Å². The molecule has 0 aliphatic rings. The van der Waals surface area contributed by atoms with Gasteiger partial charge in [-0.3, -0.25) is 0 Å². The van der Waals surface area contributed by atoms with E-state index in [4.69, 9.17) is 5.41 Å². The zero-order valence-corrected chi connectivity index (χ0v) is 7.52. The van der Waals surface area contributed by atoms with Gasteiger partial charge < -0.3 is 5.32 Å². The fourth-order valence-corrected chi connectivity index (χ4v) is 1.11. The molecule has 2 unspecified atom stereocenters. The van der Waals surface area contributed by atoms with Crippen molar-refractivity contribution in [2.45, 2.75) is 39.3 Å². The molecular formula is C8H17N3. The molecule has 0 saturated heterocycles. The van der Waals surface area contributed by atoms with Crippen molar-refractivity contribution in [3.05, 3.63) is 0 Å². The Morgan fingerprint density at radius 2 is 2.18 bits per heavy atom. The molecule has 0 saturated carbocycles. The normalized spacial score (nSPS) is 15.2. The Bertz CT molecular complexity index is 138. The number of hydrogen-bond acceptors (Lipinski definition) is 3. The second-order valence-electron chi connectivity index (χ2n) is 2.55. The second-order valence-corrected chi connectivity index (χ2v) is 2.55. The van der Waals surface area contributed by atoms with Gasteiger partial charge in [-0.25, -0.2) is 10.4 Å². The minimum absolute atomic E-state index is 0.164. The predicted molar refractivity (Wildman–Crippen MR) is 47.4 cm³/mol. The molecule has 2 N–H and O–H groups in total. The topological polar surface area (TPSA) is 48.2 Å². The van der Waals surface area contributed by atoms with Crippen LogP contribution < -0.4 is 5.32 Å². The highest BCUT2D eigenvalue weighted by atomic mass is 15.0. The van der Waals surface area contributed by atoms with Crippen molar-refractivity contribution in [2.75, 3.05) is 6.54 Å². The van der Waals surface area contributed by atoms with Crippen molar-refractivity contribution in [2.24, 2.45) is 4.99 Å². The SMILES string of the molecule is CCNC(CC)C(C)N=C=N. The van der Waals surface area contributed by atoms with E-state index in [0.717, 1.165) is 13.0 Å². The Morgan fingerprint density at radius 3 is 2.55 bits per heavy atom. The van der Waals surface area contributed by atoms with E-state index in [9.17, 15) is 0 Å². The molecule has 0 rings (SSSR count). The van der Waals surface area contributed by atoms with Crippen LogP contribution in [0.3, 0.4) is 0 Å². The molecule has 0 aliphatic heterocycles. The lowest BCUT2D eigenvalue weighted by Gasteiger charge is -2.18. The highest BCUT2D eigenvalue weighted by molar-refractivity contribution is 5.36. The largest absolute Gasteiger partial charge is 0.312 e. The second kappa shape index (κ2) is 6.08. The third kappa shape index (κ3) is 3.91. The van der Waals surface area contributed by atoms with Gasteiger partial charge in [0.25, 0.3) is 0 Å². The lowest BCUT2D eigenvalue weighted by molar-refractivity contribution is 0.449. The maximum Gasteiger partial charge on any atom is 0.0865 e. The predicted octanol–water partition coefficient (Wildman–Crippen LogP) is 1.52. The van der Waals surface area contributed by atoms with E-state index >= 15 is 0 Å². The van der Waals surface area contributed by atoms with Crippen molar-refractivity contribution >= 4 is 6.01 Å². The Kier molecular flexibility index (Phi) is 5.71. The van der Waals surface area contributed by atoms with Gasteiger partial charge in [0.15, 0.2) is 0 Å². The summed E-state index contributed by atoms with van der Waals surface area (Å²) in [6, 6.07) is 2.63. The Hall–Kier alpha value is -0.660. The summed E-state index contributed by atoms with van der Waals surface area (Å²) >= 11 is 0. The van der Waals surface area contributed by atoms with Gasteiger partial charge in [-0.05, 0) is 19.9 Å². The molecule has 0 amide bonds. The van der Waals surface area contributed by atoms with Gasteiger partial charge >= 0.3 is 0 Å². The van der Waals surface area contributed by atoms with E-state index in [0.29, 0.717) is 6.04 Å². The molecule has 2 atom stereocenters. The van der Waals surface area contributed by atoms with Crippen LogP contribution in [-0.2, 0) is 0 Å². The van der Waals surface area contributed by atoms with Crippen LogP contribution >= 0.6 is 0 Å². The van der Waals surface area contributed by atoms with Crippen LogP contribution in [0.2, 0.25) is 0 Å². The molecule has 3 heteroatoms. The molecule has 0 aromatic rings. The summed E-state index contributed by atoms with van der Waals surface area (Å²) < 4.78 is 0. The van der Waals surface area contributed by atoms with Gasteiger partial charge in [0, 0.05) is 6.04 Å². The Morgan fingerprint density at radius 1 is 1.55 bits per heavy atom. The van der Waals surface area contributed by atoms with Crippen LogP contribution in [0.25, 0.3) is 0 Å². The first kappa shape index (κ1) is 10.3. The van der Waals surface area contributed by atoms with Crippen LogP contribution in [-0.4, -0.2) is 24.6 Å². The van der Waals surface area contributed by atoms with Gasteiger partial charge in [-0.1, -0.05) is 13.8 Å². The lowest BCUT2D eigenvalue weighted by Crippen LogP contribution is -2.36. The summed E-state index contributed by atoms with van der Waals surface area (Å²) in [5.74, 6) is 0. The first-order chi connectivity index (χ1) is 5.26. The highest BCUT2D eigenvalue weighted by Crippen LogP contribution is 2.01. The van der Waals surface area contributed by atoms with Crippen LogP contribution in [0, 0.1) is 5.41 Å². The number of aliphatic imine (C=N–C) groups is 1. The lowest BCUT2D eigenvalue weighted by atomic mass is 10.1. The van der Waals surface area contributed by atoms with Gasteiger partial charge in [0.1, 0.15) is 0 Å². The van der Waals surface area contributed by atoms with E-state index in [2.05, 4.69) is 30.2 Å². The van der Waals surface area contributed by atoms with Crippen LogP contribution in [0.15, 0.2) is 4.99 Å². The standard InChI is InChI=1S/C8H17N3/c1-4-8(10-5-2)7(3)11-6-9/h7-10H,4-5H2,1-3H3. The molecule has 11 heavy (non-hydrogen) atoms. The molecule has 0 aliphatic carbocycles. The summed E-state index contributed by atoms with van der Waals surface area (Å²) in [5, 5.41) is 9.99. The van der Waals surface area contributed by atoms with E-state index < -0.39 is 0 Å². The molecule has 0 aromatic carbocycles. The number of nitrogens with one attached hydrogen (secondary N) is 2. The third-order valence-electron chi connectivity index (χ3n) is 1.76. The minimum atomic E-state index is 0.164. The zero-order chi connectivity index (χ0) is 8.69. The summed E-state index contributed by atoms with van der Waals surface area (Å²) in [4.78, 5) is 3.87. The fraction of sp³-hybridized carbons (Fsp3) is 0.875. The molecule has 3 nitrogen and oxygen atoms in total. The summed E-state index contributed by atoms with van der Waals surface area (Å²) in [6.45, 7) is 7.14. The maximum absolute atomic E-state index is 6.69. The molecule has 0 heterocycles. The van der Waals surface area contributed by atoms with Gasteiger partial charge in [0.05, 0.1) is 12.1 Å². The van der Waals surface area contributed by atoms with Crippen molar-refractivity contribution in [1.82, 2.24) is 5.32 Å². The molecule has 0 spiro atoms. The first-order valence-electron chi connectivity index (χ1n) is 4.11. The molecule has 0 fully saturated rings. The molecular weight excluding hydrogens is 138 g/mol. The van der Waals surface area contributed by atoms with Crippen LogP contribution in [0.5, 0.6) is 0 Å². The molecule has 0 bridgehead atoms. The van der Waals surface area contributed by atoms with Crippen molar-refractivity contribution in [3.63, 3.8) is 0 Å². The summed E-state index contributed by atoms with van der Waals surface area (Å²) in [7, 11) is 0. The maximum atomic E-state index is 6.69. The van der Waals surface area contributed by atoms with Gasteiger partial charge in [-0.2, -0.15) is 0 Å².